The minimum absolute atomic E-state index is 0.403. The molecule has 0 heterocycles. The van der Waals surface area contributed by atoms with Crippen LogP contribution in [0.15, 0.2) is 0 Å². The summed E-state index contributed by atoms with van der Waals surface area (Å²) in [6.45, 7) is 144. The van der Waals surface area contributed by atoms with Crippen LogP contribution in [-0.2, 0) is 0 Å². The molecular weight excluding hydrogens is 1440 g/mol. The summed E-state index contributed by atoms with van der Waals surface area (Å²) in [6.07, 6.45) is 43.5. The van der Waals surface area contributed by atoms with Crippen molar-refractivity contribution in [1.29, 1.82) is 0 Å². The van der Waals surface area contributed by atoms with Gasteiger partial charge in [0.05, 0.1) is 0 Å². The van der Waals surface area contributed by atoms with Gasteiger partial charge >= 0.3 is 0 Å². The number of rotatable bonds is 19. The molecule has 3 aliphatic carbocycles. The molecule has 0 spiro atoms. The van der Waals surface area contributed by atoms with E-state index < -0.39 is 0 Å². The third kappa shape index (κ3) is 69.0. The molecule has 3 saturated carbocycles. The van der Waals surface area contributed by atoms with Gasteiger partial charge in [0.1, 0.15) is 0 Å². The Labute approximate surface area is 771 Å². The van der Waals surface area contributed by atoms with Crippen LogP contribution in [0, 0.1) is 155 Å². The summed E-state index contributed by atoms with van der Waals surface area (Å²) in [4.78, 5) is 0. The molecule has 6 atom stereocenters. The summed E-state index contributed by atoms with van der Waals surface area (Å²) < 4.78 is 0. The summed E-state index contributed by atoms with van der Waals surface area (Å²) in [7, 11) is 0. The normalized spacial score (nSPS) is 18.3. The van der Waals surface area contributed by atoms with Crippen LogP contribution in [0.4, 0.5) is 0 Å². The van der Waals surface area contributed by atoms with Crippen LogP contribution in [0.5, 0.6) is 0 Å². The van der Waals surface area contributed by atoms with Crippen molar-refractivity contribution in [3.05, 3.63) is 0 Å². The lowest BCUT2D eigenvalue weighted by Gasteiger charge is -2.46. The van der Waals surface area contributed by atoms with E-state index in [1.807, 2.05) is 0 Å². The van der Waals surface area contributed by atoms with Crippen molar-refractivity contribution in [2.75, 3.05) is 0 Å². The first-order valence-electron chi connectivity index (χ1n) is 52.2. The fraction of sp³-hybridized carbons (Fsp3) is 1.00. The standard InChI is InChI=1S/C16H32.2C14H28.3C14H30.C12H26.2C11H24/c1-15(2,3)12-14(16(4,5)6)13-10-8-7-9-11-13;2*1-12(2,3)11-14(13(4,5)6)9-7-8-10-14;3*1-8-9-10-12(14(5,6)7)11-13(2,3)4;1-10(2,3)9-12(7,8)11(4,5)6;2*1-9(11(5,6)7)8-10(2,3)4/h13-14H,7-12H2,1-6H3;2*7-11H2,1-6H3;3*12H,8-11H2,1-7H3;9H2,1-8H3;2*9H,8H2,1-7H3/t14-;;;2*12-;;;;/m0..10..../s1. The summed E-state index contributed by atoms with van der Waals surface area (Å²) in [5, 5.41) is 0. The van der Waals surface area contributed by atoms with Crippen LogP contribution in [-0.4, -0.2) is 0 Å². The third-order valence-electron chi connectivity index (χ3n) is 29.0. The zero-order chi connectivity index (χ0) is 97.5. The van der Waals surface area contributed by atoms with E-state index in [0.717, 1.165) is 41.4 Å². The molecule has 0 heteroatoms. The van der Waals surface area contributed by atoms with Gasteiger partial charge in [-0.25, -0.2) is 0 Å². The van der Waals surface area contributed by atoms with Crippen molar-refractivity contribution in [1.82, 2.24) is 0 Å². The third-order valence-corrected chi connectivity index (χ3v) is 29.0. The van der Waals surface area contributed by atoms with E-state index in [0.29, 0.717) is 114 Å². The molecule has 0 aliphatic heterocycles. The van der Waals surface area contributed by atoms with Gasteiger partial charge in [0, 0.05) is 0 Å². The molecule has 0 nitrogen and oxygen atoms in total. The molecule has 120 heavy (non-hydrogen) atoms. The maximum Gasteiger partial charge on any atom is -0.0244 e. The van der Waals surface area contributed by atoms with Crippen molar-refractivity contribution in [2.24, 2.45) is 155 Å². The van der Waals surface area contributed by atoms with Crippen molar-refractivity contribution < 1.29 is 0 Å². The van der Waals surface area contributed by atoms with Gasteiger partial charge < -0.3 is 0 Å². The summed E-state index contributed by atoms with van der Waals surface area (Å²) in [5.41, 5.74) is 10.1. The first kappa shape index (κ1) is 131. The molecule has 3 unspecified atom stereocenters. The summed E-state index contributed by atoms with van der Waals surface area (Å²) in [6, 6.07) is 0. The SMILES string of the molecule is CC(C)(C)CC(C)(C)C(C)(C)C.CC(C)(C)CC1(C(C)(C)C)CCCC1.CC(C)(C)CC1(C(C)(C)C)CCCC1.CC(C)(C)C[C@@H](C1CCCCC1)C(C)(C)C.CC(CC(C)(C)C)C(C)(C)C.CC(CC(C)(C)C)C(C)(C)C.CCCCC(CC(C)(C)C)C(C)(C)C.CCCC[C@@H](CC(C)(C)C)C(C)(C)C.CCCC[C@H](CC(C)(C)C)C(C)(C)C. The molecular formula is C120H252. The minimum atomic E-state index is 0.403. The average molecular weight is 1700 g/mol. The molecule has 0 aromatic rings. The Balaban J connectivity index is -0.000000305. The quantitative estimate of drug-likeness (QED) is 0.121. The molecule has 3 rings (SSSR count). The van der Waals surface area contributed by atoms with Crippen LogP contribution in [0.25, 0.3) is 0 Å². The lowest BCUT2D eigenvalue weighted by Crippen LogP contribution is -2.36. The van der Waals surface area contributed by atoms with Crippen LogP contribution >= 0.6 is 0 Å². The predicted octanol–water partition coefficient (Wildman–Crippen LogP) is 44.3. The second kappa shape index (κ2) is 52.3. The topological polar surface area (TPSA) is 0 Å². The fourth-order valence-electron chi connectivity index (χ4n) is 20.0. The molecule has 3 fully saturated rings. The van der Waals surface area contributed by atoms with E-state index >= 15 is 0 Å². The fourth-order valence-corrected chi connectivity index (χ4v) is 20.0. The highest BCUT2D eigenvalue weighted by molar-refractivity contribution is 4.98. The highest BCUT2D eigenvalue weighted by Gasteiger charge is 2.48. The summed E-state index contributed by atoms with van der Waals surface area (Å²) >= 11 is 0. The Bertz CT molecular complexity index is 2300. The molecule has 3 aliphatic rings. The Morgan fingerprint density at radius 3 is 0.600 bits per heavy atom. The average Bonchev–Trinajstić information content (AvgIpc) is 1.63. The molecule has 0 aromatic heterocycles. The molecule has 0 bridgehead atoms. The van der Waals surface area contributed by atoms with E-state index in [-0.39, 0.29) is 0 Å². The second-order valence-electron chi connectivity index (χ2n) is 62.9. The molecule has 0 radical (unpaired) electrons. The van der Waals surface area contributed by atoms with Gasteiger partial charge in [-0.2, -0.15) is 0 Å². The first-order chi connectivity index (χ1) is 52.2. The van der Waals surface area contributed by atoms with Crippen LogP contribution in [0.3, 0.4) is 0 Å². The minimum Gasteiger partial charge on any atom is -0.0654 e. The van der Waals surface area contributed by atoms with E-state index in [4.69, 9.17) is 0 Å². The molecule has 0 aromatic carbocycles. The van der Waals surface area contributed by atoms with Crippen molar-refractivity contribution in [3.8, 4) is 0 Å². The lowest BCUT2D eigenvalue weighted by molar-refractivity contribution is 0.0419. The number of hydrogen-bond acceptors (Lipinski definition) is 0. The maximum atomic E-state index is 2.44. The Morgan fingerprint density at radius 1 is 0.242 bits per heavy atom. The second-order valence-corrected chi connectivity index (χ2v) is 62.9. The summed E-state index contributed by atoms with van der Waals surface area (Å²) in [5.74, 6) is 6.15. The van der Waals surface area contributed by atoms with Crippen LogP contribution < -0.4 is 0 Å². The monoisotopic (exact) mass is 1690 g/mol. The van der Waals surface area contributed by atoms with E-state index in [1.54, 1.807) is 0 Å². The van der Waals surface area contributed by atoms with Gasteiger partial charge in [0.2, 0.25) is 0 Å². The zero-order valence-electron chi connectivity index (χ0n) is 97.5. The predicted molar refractivity (Wildman–Crippen MR) is 565 cm³/mol. The zero-order valence-corrected chi connectivity index (χ0v) is 97.5. The largest absolute Gasteiger partial charge is 0.0654 e. The smallest absolute Gasteiger partial charge is 0.0244 e. The Hall–Kier alpha value is 0. The van der Waals surface area contributed by atoms with Gasteiger partial charge in [0.25, 0.3) is 0 Å². The van der Waals surface area contributed by atoms with Crippen molar-refractivity contribution in [3.63, 3.8) is 0 Å². The highest BCUT2D eigenvalue weighted by atomic mass is 14.5. The van der Waals surface area contributed by atoms with E-state index in [2.05, 4.69) is 422 Å². The lowest BCUT2D eigenvalue weighted by atomic mass is 9.59. The van der Waals surface area contributed by atoms with Gasteiger partial charge in [-0.05, 0) is 258 Å². The van der Waals surface area contributed by atoms with Crippen LogP contribution in [0.1, 0.15) is 621 Å². The van der Waals surface area contributed by atoms with Gasteiger partial charge in [-0.3, -0.25) is 0 Å². The van der Waals surface area contributed by atoms with Crippen molar-refractivity contribution >= 4 is 0 Å². The molecule has 0 saturated heterocycles. The van der Waals surface area contributed by atoms with Crippen molar-refractivity contribution in [2.45, 2.75) is 621 Å². The Kier molecular flexibility index (Phi) is 57.0. The molecule has 732 valence electrons. The molecule has 0 amide bonds. The number of hydrogen-bond donors (Lipinski definition) is 0. The first-order valence-corrected chi connectivity index (χ1v) is 52.2. The number of unbranched alkanes of at least 4 members (excludes halogenated alkanes) is 3. The van der Waals surface area contributed by atoms with E-state index in [1.165, 1.54) is 199 Å². The van der Waals surface area contributed by atoms with Gasteiger partial charge in [-0.15, -0.1) is 0 Å². The van der Waals surface area contributed by atoms with Gasteiger partial charge in [0.15, 0.2) is 0 Å². The van der Waals surface area contributed by atoms with Gasteiger partial charge in [-0.1, -0.05) is 519 Å². The highest BCUT2D eigenvalue weighted by Crippen LogP contribution is 2.59. The van der Waals surface area contributed by atoms with E-state index in [9.17, 15) is 0 Å². The maximum absolute atomic E-state index is 2.44. The van der Waals surface area contributed by atoms with Crippen LogP contribution in [0.2, 0.25) is 0 Å². The Morgan fingerprint density at radius 2 is 0.467 bits per heavy atom. The molecule has 0 N–H and O–H groups in total.